The Hall–Kier alpha value is -0.500. The van der Waals surface area contributed by atoms with Crippen molar-refractivity contribution in [2.45, 2.75) is 193 Å². The van der Waals surface area contributed by atoms with Gasteiger partial charge in [0.2, 0.25) is 5.91 Å². The van der Waals surface area contributed by atoms with E-state index in [1.165, 1.54) is 116 Å². The van der Waals surface area contributed by atoms with E-state index in [0.29, 0.717) is 12.8 Å². The second kappa shape index (κ2) is 31.5. The molecule has 0 radical (unpaired) electrons. The van der Waals surface area contributed by atoms with Gasteiger partial charge in [0.1, 0.15) is 0 Å². The largest absolute Gasteiger partial charge is 0.472 e. The van der Waals surface area contributed by atoms with Crippen LogP contribution in [0.3, 0.4) is 0 Å². The van der Waals surface area contributed by atoms with Gasteiger partial charge in [-0.15, -0.1) is 0 Å². The minimum absolute atomic E-state index is 0.0918. The molecule has 1 unspecified atom stereocenters. The van der Waals surface area contributed by atoms with Gasteiger partial charge >= 0.3 is 7.82 Å². The van der Waals surface area contributed by atoms with Crippen molar-refractivity contribution >= 4 is 13.7 Å². The highest BCUT2D eigenvalue weighted by Crippen LogP contribution is 2.43. The van der Waals surface area contributed by atoms with Gasteiger partial charge in [-0.1, -0.05) is 162 Å². The summed E-state index contributed by atoms with van der Waals surface area (Å²) in [4.78, 5) is 22.5. The van der Waals surface area contributed by atoms with E-state index in [4.69, 9.17) is 14.8 Å². The molecule has 0 aromatic carbocycles. The fourth-order valence-corrected chi connectivity index (χ4v) is 6.19. The molecule has 0 aliphatic rings. The van der Waals surface area contributed by atoms with E-state index in [9.17, 15) is 19.4 Å². The molecule has 0 aliphatic carbocycles. The number of aliphatic hydroxyl groups excluding tert-OH is 1. The topological polar surface area (TPSA) is 131 Å². The Morgan fingerprint density at radius 3 is 1.49 bits per heavy atom. The molecule has 0 aromatic heterocycles. The number of hydrogen-bond acceptors (Lipinski definition) is 6. The zero-order valence-electron chi connectivity index (χ0n) is 28.2. The molecule has 0 fully saturated rings. The van der Waals surface area contributed by atoms with Crippen LogP contribution >= 0.6 is 7.82 Å². The summed E-state index contributed by atoms with van der Waals surface area (Å²) in [6.45, 7) is 4.17. The smallest absolute Gasteiger partial charge is 0.391 e. The van der Waals surface area contributed by atoms with Crippen molar-refractivity contribution in [1.82, 2.24) is 5.32 Å². The van der Waals surface area contributed by atoms with Gasteiger partial charge in [-0.25, -0.2) is 4.57 Å². The van der Waals surface area contributed by atoms with Crippen LogP contribution in [0.2, 0.25) is 0 Å². The highest BCUT2D eigenvalue weighted by atomic mass is 31.2. The number of carbonyl (C=O) groups excluding carboxylic acids is 1. The lowest BCUT2D eigenvalue weighted by atomic mass is 10.0. The Morgan fingerprint density at radius 1 is 0.674 bits per heavy atom. The van der Waals surface area contributed by atoms with Crippen molar-refractivity contribution in [2.75, 3.05) is 19.8 Å². The highest BCUT2D eigenvalue weighted by Gasteiger charge is 2.27. The van der Waals surface area contributed by atoms with Crippen molar-refractivity contribution in [1.29, 1.82) is 0 Å². The SMILES string of the molecule is CCCCCCCCCCCCCCCCCC[C@@H](O)[C@H](COP(=O)(O)OCCN)NC(=O)CCCCCCCCCC. The molecule has 0 saturated carbocycles. The van der Waals surface area contributed by atoms with E-state index in [1.54, 1.807) is 0 Å². The average Bonchev–Trinajstić information content (AvgIpc) is 2.99. The molecule has 8 nitrogen and oxygen atoms in total. The highest BCUT2D eigenvalue weighted by molar-refractivity contribution is 7.47. The van der Waals surface area contributed by atoms with E-state index < -0.39 is 20.0 Å². The van der Waals surface area contributed by atoms with Gasteiger partial charge in [0.25, 0.3) is 0 Å². The van der Waals surface area contributed by atoms with Crippen molar-refractivity contribution in [3.8, 4) is 0 Å². The maximum atomic E-state index is 12.6. The first-order valence-corrected chi connectivity index (χ1v) is 19.6. The van der Waals surface area contributed by atoms with Crippen molar-refractivity contribution in [3.63, 3.8) is 0 Å². The Kier molecular flexibility index (Phi) is 31.1. The second-order valence-corrected chi connectivity index (χ2v) is 13.9. The third-order valence-corrected chi connectivity index (χ3v) is 9.20. The third-order valence-electron chi connectivity index (χ3n) is 8.21. The summed E-state index contributed by atoms with van der Waals surface area (Å²) >= 11 is 0. The number of carbonyl (C=O) groups is 1. The lowest BCUT2D eigenvalue weighted by molar-refractivity contribution is -0.123. The van der Waals surface area contributed by atoms with Crippen LogP contribution in [0.25, 0.3) is 0 Å². The molecular weight excluding hydrogens is 563 g/mol. The minimum Gasteiger partial charge on any atom is -0.391 e. The average molecular weight is 635 g/mol. The standard InChI is InChI=1S/C34H71N2O6P/c1-3-5-7-9-11-13-14-15-16-17-18-19-20-21-23-25-27-33(37)32(31-42-43(39,40)41-30-29-35)36-34(38)28-26-24-22-12-10-8-6-4-2/h32-33,37H,3-31,35H2,1-2H3,(H,36,38)(H,39,40)/t32-,33+/m0/s1. The van der Waals surface area contributed by atoms with Crippen LogP contribution in [-0.4, -0.2) is 47.8 Å². The summed E-state index contributed by atoms with van der Waals surface area (Å²) in [5.74, 6) is -0.166. The quantitative estimate of drug-likeness (QED) is 0.0410. The molecule has 258 valence electrons. The summed E-state index contributed by atoms with van der Waals surface area (Å²) < 4.78 is 22.0. The fourth-order valence-electron chi connectivity index (χ4n) is 5.43. The molecule has 3 atom stereocenters. The number of nitrogens with two attached hydrogens (primary N) is 1. The summed E-state index contributed by atoms with van der Waals surface area (Å²) in [6, 6.07) is -0.764. The fraction of sp³-hybridized carbons (Fsp3) is 0.971. The number of amides is 1. The number of phosphoric acid groups is 1. The zero-order chi connectivity index (χ0) is 31.9. The number of aliphatic hydroxyl groups is 1. The molecule has 5 N–H and O–H groups in total. The Labute approximate surface area is 265 Å². The van der Waals surface area contributed by atoms with Gasteiger partial charge in [-0.3, -0.25) is 13.8 Å². The van der Waals surface area contributed by atoms with E-state index in [0.717, 1.165) is 38.5 Å². The first-order chi connectivity index (χ1) is 20.9. The number of unbranched alkanes of at least 4 members (excludes halogenated alkanes) is 22. The van der Waals surface area contributed by atoms with E-state index in [-0.39, 0.29) is 25.7 Å². The van der Waals surface area contributed by atoms with Crippen LogP contribution in [0.4, 0.5) is 0 Å². The lowest BCUT2D eigenvalue weighted by Crippen LogP contribution is -2.46. The first-order valence-electron chi connectivity index (χ1n) is 18.2. The predicted molar refractivity (Wildman–Crippen MR) is 180 cm³/mol. The van der Waals surface area contributed by atoms with E-state index in [2.05, 4.69) is 19.2 Å². The molecule has 0 spiro atoms. The molecular formula is C34H71N2O6P. The van der Waals surface area contributed by atoms with Crippen LogP contribution in [0.15, 0.2) is 0 Å². The minimum atomic E-state index is -4.29. The first kappa shape index (κ1) is 42.5. The summed E-state index contributed by atoms with van der Waals surface area (Å²) in [6.07, 6.45) is 29.7. The Morgan fingerprint density at radius 2 is 1.07 bits per heavy atom. The molecule has 0 aromatic rings. The Bertz CT molecular complexity index is 654. The van der Waals surface area contributed by atoms with Crippen LogP contribution in [0.5, 0.6) is 0 Å². The van der Waals surface area contributed by atoms with Crippen LogP contribution in [0, 0.1) is 0 Å². The number of hydrogen-bond donors (Lipinski definition) is 4. The summed E-state index contributed by atoms with van der Waals surface area (Å²) in [5, 5.41) is 13.7. The van der Waals surface area contributed by atoms with E-state index in [1.807, 2.05) is 0 Å². The van der Waals surface area contributed by atoms with Crippen molar-refractivity contribution < 1.29 is 28.4 Å². The number of nitrogens with one attached hydrogen (secondary N) is 1. The summed E-state index contributed by atoms with van der Waals surface area (Å²) in [7, 11) is -4.29. The van der Waals surface area contributed by atoms with Gasteiger partial charge in [0.15, 0.2) is 0 Å². The monoisotopic (exact) mass is 635 g/mol. The molecule has 1 amide bonds. The lowest BCUT2D eigenvalue weighted by Gasteiger charge is -2.25. The molecule has 0 aliphatic heterocycles. The molecule has 0 saturated heterocycles. The van der Waals surface area contributed by atoms with E-state index >= 15 is 0 Å². The van der Waals surface area contributed by atoms with Gasteiger partial charge < -0.3 is 21.1 Å². The zero-order valence-corrected chi connectivity index (χ0v) is 29.1. The Balaban J connectivity index is 4.18. The maximum Gasteiger partial charge on any atom is 0.472 e. The molecule has 9 heteroatoms. The van der Waals surface area contributed by atoms with Gasteiger partial charge in [0, 0.05) is 13.0 Å². The molecule has 0 heterocycles. The van der Waals surface area contributed by atoms with Gasteiger partial charge in [-0.05, 0) is 12.8 Å². The molecule has 43 heavy (non-hydrogen) atoms. The number of rotatable bonds is 34. The van der Waals surface area contributed by atoms with Crippen molar-refractivity contribution in [2.24, 2.45) is 5.73 Å². The van der Waals surface area contributed by atoms with Crippen molar-refractivity contribution in [3.05, 3.63) is 0 Å². The predicted octanol–water partition coefficient (Wildman–Crippen LogP) is 9.11. The van der Waals surface area contributed by atoms with Crippen LogP contribution in [0.1, 0.15) is 181 Å². The molecule has 0 rings (SSSR count). The van der Waals surface area contributed by atoms with Crippen LogP contribution < -0.4 is 11.1 Å². The van der Waals surface area contributed by atoms with Gasteiger partial charge in [0.05, 0.1) is 25.4 Å². The number of phosphoric ester groups is 1. The summed E-state index contributed by atoms with van der Waals surface area (Å²) in [5.41, 5.74) is 5.35. The maximum absolute atomic E-state index is 12.6. The van der Waals surface area contributed by atoms with Crippen LogP contribution in [-0.2, 0) is 18.4 Å². The van der Waals surface area contributed by atoms with Gasteiger partial charge in [-0.2, -0.15) is 0 Å². The normalized spacial score (nSPS) is 14.4. The second-order valence-electron chi connectivity index (χ2n) is 12.4. The third kappa shape index (κ3) is 29.9. The molecule has 0 bridgehead atoms.